The molecule has 0 aliphatic rings. The molecule has 0 fully saturated rings. The summed E-state index contributed by atoms with van der Waals surface area (Å²) in [6, 6.07) is 20.3. The van der Waals surface area contributed by atoms with Crippen LogP contribution in [0.4, 0.5) is 5.69 Å². The van der Waals surface area contributed by atoms with Crippen molar-refractivity contribution in [3.05, 3.63) is 100 Å². The van der Waals surface area contributed by atoms with E-state index in [0.29, 0.717) is 12.2 Å². The Morgan fingerprint density at radius 2 is 1.71 bits per heavy atom. The molecule has 6 heteroatoms. The summed E-state index contributed by atoms with van der Waals surface area (Å²) < 4.78 is 1.81. The normalized spacial score (nSPS) is 10.7. The molecule has 4 rings (SSSR count). The topological polar surface area (TPSA) is 59.8 Å². The van der Waals surface area contributed by atoms with Gasteiger partial charge in [-0.25, -0.2) is 4.98 Å². The summed E-state index contributed by atoms with van der Waals surface area (Å²) >= 11 is 1.59. The van der Waals surface area contributed by atoms with Crippen LogP contribution in [0.5, 0.6) is 0 Å². The fraction of sp³-hybridized carbons (Fsp3) is 0.136. The number of benzene rings is 2. The maximum Gasteiger partial charge on any atom is 0.230 e. The van der Waals surface area contributed by atoms with Crippen LogP contribution in [-0.4, -0.2) is 20.7 Å². The van der Waals surface area contributed by atoms with Gasteiger partial charge in [-0.2, -0.15) is 5.10 Å². The van der Waals surface area contributed by atoms with E-state index in [1.165, 1.54) is 5.56 Å². The van der Waals surface area contributed by atoms with Crippen molar-refractivity contribution < 1.29 is 4.79 Å². The van der Waals surface area contributed by atoms with E-state index in [9.17, 15) is 4.79 Å². The fourth-order valence-corrected chi connectivity index (χ4v) is 3.76. The lowest BCUT2D eigenvalue weighted by molar-refractivity contribution is -0.115. The quantitative estimate of drug-likeness (QED) is 0.517. The highest BCUT2D eigenvalue weighted by molar-refractivity contribution is 7.09. The Morgan fingerprint density at radius 1 is 1.00 bits per heavy atom. The van der Waals surface area contributed by atoms with Crippen LogP contribution in [0.15, 0.2) is 78.4 Å². The van der Waals surface area contributed by atoms with E-state index >= 15 is 0 Å². The second-order valence-corrected chi connectivity index (χ2v) is 7.47. The molecule has 28 heavy (non-hydrogen) atoms. The van der Waals surface area contributed by atoms with Crippen molar-refractivity contribution in [3.63, 3.8) is 0 Å². The van der Waals surface area contributed by atoms with Crippen molar-refractivity contribution >= 4 is 22.9 Å². The van der Waals surface area contributed by atoms with E-state index in [-0.39, 0.29) is 12.3 Å². The smallest absolute Gasteiger partial charge is 0.230 e. The van der Waals surface area contributed by atoms with E-state index < -0.39 is 0 Å². The lowest BCUT2D eigenvalue weighted by atomic mass is 10.2. The number of nitrogens with one attached hydrogen (secondary N) is 1. The summed E-state index contributed by atoms with van der Waals surface area (Å²) in [4.78, 5) is 16.9. The zero-order valence-corrected chi connectivity index (χ0v) is 16.1. The Hall–Kier alpha value is -3.25. The minimum atomic E-state index is -0.0872. The summed E-state index contributed by atoms with van der Waals surface area (Å²) in [5.74, 6) is -0.0872. The van der Waals surface area contributed by atoms with Crippen LogP contribution in [-0.2, 0) is 24.2 Å². The minimum Gasteiger partial charge on any atom is -0.323 e. The zero-order chi connectivity index (χ0) is 19.2. The van der Waals surface area contributed by atoms with Crippen molar-refractivity contribution in [3.8, 4) is 0 Å². The molecule has 0 saturated heterocycles. The van der Waals surface area contributed by atoms with Gasteiger partial charge in [-0.05, 0) is 11.1 Å². The zero-order valence-electron chi connectivity index (χ0n) is 15.3. The fourth-order valence-electron chi connectivity index (χ4n) is 2.94. The van der Waals surface area contributed by atoms with Gasteiger partial charge in [0.15, 0.2) is 0 Å². The molecule has 4 aromatic rings. The molecular weight excluding hydrogens is 368 g/mol. The predicted molar refractivity (Wildman–Crippen MR) is 111 cm³/mol. The molecule has 1 amide bonds. The Morgan fingerprint density at radius 3 is 2.46 bits per heavy atom. The van der Waals surface area contributed by atoms with Crippen LogP contribution in [0.2, 0.25) is 0 Å². The molecule has 2 aromatic carbocycles. The van der Waals surface area contributed by atoms with Crippen molar-refractivity contribution in [1.82, 2.24) is 14.8 Å². The van der Waals surface area contributed by atoms with E-state index in [4.69, 9.17) is 0 Å². The van der Waals surface area contributed by atoms with E-state index in [1.807, 2.05) is 52.7 Å². The molecule has 5 nitrogen and oxygen atoms in total. The highest BCUT2D eigenvalue weighted by Crippen LogP contribution is 2.16. The molecular formula is C22H20N4OS. The number of hydrogen-bond acceptors (Lipinski definition) is 4. The van der Waals surface area contributed by atoms with Crippen LogP contribution in [0, 0.1) is 0 Å². The average Bonchev–Trinajstić information content (AvgIpc) is 3.33. The summed E-state index contributed by atoms with van der Waals surface area (Å²) in [6.45, 7) is 0.672. The summed E-state index contributed by atoms with van der Waals surface area (Å²) in [5, 5.41) is 10.2. The second kappa shape index (κ2) is 8.63. The molecule has 0 saturated carbocycles. The molecule has 0 aliphatic heterocycles. The van der Waals surface area contributed by atoms with Crippen molar-refractivity contribution in [2.75, 3.05) is 5.32 Å². The van der Waals surface area contributed by atoms with Gasteiger partial charge in [0.2, 0.25) is 5.91 Å². The van der Waals surface area contributed by atoms with Crippen molar-refractivity contribution in [2.45, 2.75) is 19.4 Å². The van der Waals surface area contributed by atoms with Crippen molar-refractivity contribution in [2.24, 2.45) is 0 Å². The number of hydrogen-bond donors (Lipinski definition) is 1. The van der Waals surface area contributed by atoms with E-state index in [2.05, 4.69) is 39.7 Å². The Bertz CT molecular complexity index is 957. The van der Waals surface area contributed by atoms with E-state index in [1.54, 1.807) is 17.5 Å². The number of carbonyl (C=O) groups excluding carboxylic acids is 1. The summed E-state index contributed by atoms with van der Waals surface area (Å²) in [6.07, 6.45) is 4.56. The molecule has 2 heterocycles. The first-order valence-corrected chi connectivity index (χ1v) is 9.96. The third-order valence-electron chi connectivity index (χ3n) is 4.24. The van der Waals surface area contributed by atoms with Crippen LogP contribution in [0.3, 0.4) is 0 Å². The molecule has 0 bridgehead atoms. The number of thiazole rings is 1. The molecule has 0 aliphatic carbocycles. The van der Waals surface area contributed by atoms with Gasteiger partial charge in [-0.1, -0.05) is 60.7 Å². The number of amides is 1. The first-order valence-electron chi connectivity index (χ1n) is 9.08. The summed E-state index contributed by atoms with van der Waals surface area (Å²) in [5.41, 5.74) is 3.88. The lowest BCUT2D eigenvalue weighted by Crippen LogP contribution is -2.14. The highest BCUT2D eigenvalue weighted by atomic mass is 32.1. The SMILES string of the molecule is O=C(Cc1csc(Cc2ccccc2)n1)Nc1cnn(Cc2ccccc2)c1. The first kappa shape index (κ1) is 18.1. The van der Waals surface area contributed by atoms with Crippen LogP contribution >= 0.6 is 11.3 Å². The van der Waals surface area contributed by atoms with Crippen molar-refractivity contribution in [1.29, 1.82) is 0 Å². The molecule has 2 aromatic heterocycles. The van der Waals surface area contributed by atoms with Gasteiger partial charge in [0, 0.05) is 18.0 Å². The van der Waals surface area contributed by atoms with Gasteiger partial charge in [0.05, 0.1) is 35.6 Å². The number of anilines is 1. The second-order valence-electron chi connectivity index (χ2n) is 6.53. The predicted octanol–water partition coefficient (Wildman–Crippen LogP) is 4.16. The van der Waals surface area contributed by atoms with Gasteiger partial charge >= 0.3 is 0 Å². The highest BCUT2D eigenvalue weighted by Gasteiger charge is 2.10. The van der Waals surface area contributed by atoms with Gasteiger partial charge in [0.25, 0.3) is 0 Å². The number of rotatable bonds is 7. The summed E-state index contributed by atoms with van der Waals surface area (Å²) in [7, 11) is 0. The van der Waals surface area contributed by atoms with Crippen LogP contribution in [0.25, 0.3) is 0 Å². The largest absolute Gasteiger partial charge is 0.323 e. The average molecular weight is 388 g/mol. The molecule has 140 valence electrons. The molecule has 0 atom stereocenters. The lowest BCUT2D eigenvalue weighted by Gasteiger charge is -2.02. The Kier molecular flexibility index (Phi) is 5.58. The third kappa shape index (κ3) is 4.92. The molecule has 0 radical (unpaired) electrons. The standard InChI is InChI=1S/C22H20N4OS/c27-21(12-19-16-28-22(25-19)11-17-7-3-1-4-8-17)24-20-13-23-26(15-20)14-18-9-5-2-6-10-18/h1-10,13,15-16H,11-12,14H2,(H,24,27). The monoisotopic (exact) mass is 388 g/mol. The Balaban J connectivity index is 1.31. The number of carbonyl (C=O) groups is 1. The van der Waals surface area contributed by atoms with Gasteiger partial charge in [0.1, 0.15) is 0 Å². The maximum absolute atomic E-state index is 12.3. The molecule has 0 spiro atoms. The maximum atomic E-state index is 12.3. The van der Waals surface area contributed by atoms with Crippen LogP contribution in [0.1, 0.15) is 21.8 Å². The molecule has 0 unspecified atom stereocenters. The third-order valence-corrected chi connectivity index (χ3v) is 5.14. The minimum absolute atomic E-state index is 0.0872. The van der Waals surface area contributed by atoms with Gasteiger partial charge in [-0.3, -0.25) is 9.48 Å². The number of aromatic nitrogens is 3. The first-order chi connectivity index (χ1) is 13.7. The number of nitrogens with zero attached hydrogens (tertiary/aromatic N) is 3. The Labute approximate surface area is 167 Å². The van der Waals surface area contributed by atoms with Crippen LogP contribution < -0.4 is 5.32 Å². The van der Waals surface area contributed by atoms with Gasteiger partial charge < -0.3 is 5.32 Å². The van der Waals surface area contributed by atoms with Gasteiger partial charge in [-0.15, -0.1) is 11.3 Å². The van der Waals surface area contributed by atoms with E-state index in [0.717, 1.165) is 22.7 Å². The molecule has 1 N–H and O–H groups in total.